The molecule has 0 bridgehead atoms. The summed E-state index contributed by atoms with van der Waals surface area (Å²) in [5.74, 6) is 0. The minimum absolute atomic E-state index is 0.451. The molecule has 2 heterocycles. The molecule has 5 nitrogen and oxygen atoms in total. The van der Waals surface area contributed by atoms with E-state index in [1.165, 1.54) is 0 Å². The van der Waals surface area contributed by atoms with Gasteiger partial charge in [-0.1, -0.05) is 47.5 Å². The maximum atomic E-state index is 9.57. The highest BCUT2D eigenvalue weighted by molar-refractivity contribution is 6.36. The Morgan fingerprint density at radius 3 is 2.77 bits per heavy atom. The summed E-state index contributed by atoms with van der Waals surface area (Å²) in [7, 11) is 0. The number of nitrogens with one attached hydrogen (secondary N) is 1. The summed E-state index contributed by atoms with van der Waals surface area (Å²) < 4.78 is 5.39. The van der Waals surface area contributed by atoms with Crippen LogP contribution in [0.2, 0.25) is 10.0 Å². The number of hydrogen-bond donors (Lipinski definition) is 1. The van der Waals surface area contributed by atoms with Gasteiger partial charge in [-0.15, -0.1) is 0 Å². The molecule has 1 aliphatic heterocycles. The van der Waals surface area contributed by atoms with Crippen LogP contribution in [0.5, 0.6) is 0 Å². The van der Waals surface area contributed by atoms with Crippen LogP contribution in [-0.2, 0) is 4.74 Å². The van der Waals surface area contributed by atoms with Crippen LogP contribution in [0.4, 0.5) is 11.4 Å². The third-order valence-electron chi connectivity index (χ3n) is 5.23. The van der Waals surface area contributed by atoms with Gasteiger partial charge in [0.25, 0.3) is 0 Å². The van der Waals surface area contributed by atoms with Gasteiger partial charge in [0.2, 0.25) is 0 Å². The average molecular weight is 453 g/mol. The summed E-state index contributed by atoms with van der Waals surface area (Å²) in [6.07, 6.45) is 6.87. The number of morpholine rings is 1. The van der Waals surface area contributed by atoms with Gasteiger partial charge in [0.05, 0.1) is 40.7 Å². The molecule has 1 aliphatic rings. The van der Waals surface area contributed by atoms with E-state index in [-0.39, 0.29) is 0 Å². The Hall–Kier alpha value is -2.62. The van der Waals surface area contributed by atoms with Crippen molar-refractivity contribution >= 4 is 51.6 Å². The van der Waals surface area contributed by atoms with Gasteiger partial charge >= 0.3 is 0 Å². The molecule has 4 rings (SSSR count). The Morgan fingerprint density at radius 2 is 2.00 bits per heavy atom. The van der Waals surface area contributed by atoms with E-state index in [4.69, 9.17) is 27.9 Å². The first-order valence-corrected chi connectivity index (χ1v) is 10.9. The van der Waals surface area contributed by atoms with Crippen molar-refractivity contribution in [3.8, 4) is 6.07 Å². The molecule has 158 valence electrons. The summed E-state index contributed by atoms with van der Waals surface area (Å²) in [5, 5.41) is 14.8. The van der Waals surface area contributed by atoms with Crippen molar-refractivity contribution in [1.82, 2.24) is 9.88 Å². The highest BCUT2D eigenvalue weighted by Crippen LogP contribution is 2.33. The van der Waals surface area contributed by atoms with E-state index in [9.17, 15) is 5.26 Å². The fourth-order valence-electron chi connectivity index (χ4n) is 3.56. The second-order valence-corrected chi connectivity index (χ2v) is 8.17. The number of nitriles is 1. The average Bonchev–Trinajstić information content (AvgIpc) is 2.79. The van der Waals surface area contributed by atoms with Gasteiger partial charge in [-0.3, -0.25) is 9.88 Å². The first-order chi connectivity index (χ1) is 15.1. The van der Waals surface area contributed by atoms with E-state index in [1.807, 2.05) is 18.2 Å². The van der Waals surface area contributed by atoms with Crippen LogP contribution in [-0.4, -0.2) is 42.7 Å². The van der Waals surface area contributed by atoms with Crippen molar-refractivity contribution in [2.24, 2.45) is 0 Å². The minimum Gasteiger partial charge on any atom is -0.379 e. The van der Waals surface area contributed by atoms with E-state index in [2.05, 4.69) is 33.4 Å². The van der Waals surface area contributed by atoms with E-state index >= 15 is 0 Å². The zero-order valence-electron chi connectivity index (χ0n) is 16.9. The Bertz CT molecular complexity index is 1150. The van der Waals surface area contributed by atoms with Gasteiger partial charge in [-0.2, -0.15) is 5.26 Å². The molecule has 7 heteroatoms. The minimum atomic E-state index is 0.451. The van der Waals surface area contributed by atoms with Gasteiger partial charge in [-0.05, 0) is 36.2 Å². The highest BCUT2D eigenvalue weighted by atomic mass is 35.5. The van der Waals surface area contributed by atoms with Gasteiger partial charge in [-0.25, -0.2) is 0 Å². The molecule has 0 spiro atoms. The number of fused-ring (bicyclic) bond motifs is 1. The number of rotatable bonds is 6. The lowest BCUT2D eigenvalue weighted by molar-refractivity contribution is 0.0387. The number of nitrogens with zero attached hydrogens (tertiary/aromatic N) is 3. The molecule has 1 saturated heterocycles. The number of aromatic nitrogens is 1. The molecule has 0 aliphatic carbocycles. The lowest BCUT2D eigenvalue weighted by atomic mass is 10.1. The number of benzene rings is 2. The van der Waals surface area contributed by atoms with Crippen molar-refractivity contribution in [2.75, 3.05) is 38.2 Å². The van der Waals surface area contributed by atoms with Crippen LogP contribution < -0.4 is 5.32 Å². The van der Waals surface area contributed by atoms with Gasteiger partial charge in [0, 0.05) is 36.2 Å². The van der Waals surface area contributed by atoms with E-state index in [0.717, 1.165) is 55.7 Å². The molecular weight excluding hydrogens is 431 g/mol. The molecular formula is C24H22Cl2N4O. The van der Waals surface area contributed by atoms with E-state index < -0.39 is 0 Å². The first-order valence-electron chi connectivity index (χ1n) is 10.2. The van der Waals surface area contributed by atoms with Crippen molar-refractivity contribution in [3.05, 3.63) is 69.8 Å². The predicted octanol–water partition coefficient (Wildman–Crippen LogP) is 5.89. The topological polar surface area (TPSA) is 61.2 Å². The van der Waals surface area contributed by atoms with Crippen LogP contribution in [0, 0.1) is 11.3 Å². The Kier molecular flexibility index (Phi) is 7.06. The molecule has 1 N–H and O–H groups in total. The Labute approximate surface area is 191 Å². The van der Waals surface area contributed by atoms with Crippen LogP contribution in [0.25, 0.3) is 17.0 Å². The van der Waals surface area contributed by atoms with Crippen molar-refractivity contribution in [3.63, 3.8) is 0 Å². The van der Waals surface area contributed by atoms with Crippen LogP contribution in [0.3, 0.4) is 0 Å². The van der Waals surface area contributed by atoms with Crippen LogP contribution in [0.15, 0.2) is 48.7 Å². The van der Waals surface area contributed by atoms with Gasteiger partial charge in [0.15, 0.2) is 0 Å². The Morgan fingerprint density at radius 1 is 1.16 bits per heavy atom. The summed E-state index contributed by atoms with van der Waals surface area (Å²) in [6, 6.07) is 13.5. The molecule has 0 amide bonds. The molecule has 0 saturated carbocycles. The standard InChI is InChI=1S/C24H22Cl2N4O/c25-19-5-7-22(21(26)14-19)29-24-18(15-27)16-28-23-13-17(4-6-20(23)24)3-1-2-8-30-9-11-31-12-10-30/h1,3-7,13-14,16H,2,8-12H2,(H,28,29). The van der Waals surface area contributed by atoms with E-state index in [0.29, 0.717) is 27.0 Å². The third kappa shape index (κ3) is 5.36. The molecule has 2 aromatic carbocycles. The number of hydrogen-bond acceptors (Lipinski definition) is 5. The SMILES string of the molecule is N#Cc1cnc2cc(C=CCCN3CCOCC3)ccc2c1Nc1ccc(Cl)cc1Cl. The van der Waals surface area contributed by atoms with Crippen LogP contribution in [0.1, 0.15) is 17.5 Å². The van der Waals surface area contributed by atoms with E-state index in [1.54, 1.807) is 24.4 Å². The zero-order valence-corrected chi connectivity index (χ0v) is 18.5. The second-order valence-electron chi connectivity index (χ2n) is 7.33. The van der Waals surface area contributed by atoms with Crippen molar-refractivity contribution in [1.29, 1.82) is 5.26 Å². The number of pyridine rings is 1. The molecule has 31 heavy (non-hydrogen) atoms. The third-order valence-corrected chi connectivity index (χ3v) is 5.78. The first kappa shape index (κ1) is 21.6. The molecule has 0 atom stereocenters. The summed E-state index contributed by atoms with van der Waals surface area (Å²) in [6.45, 7) is 4.68. The normalized spacial score (nSPS) is 14.7. The smallest absolute Gasteiger partial charge is 0.103 e. The number of halogens is 2. The molecule has 0 unspecified atom stereocenters. The monoisotopic (exact) mass is 452 g/mol. The summed E-state index contributed by atoms with van der Waals surface area (Å²) in [5.41, 5.74) is 3.69. The number of anilines is 2. The zero-order chi connectivity index (χ0) is 21.6. The maximum Gasteiger partial charge on any atom is 0.103 e. The van der Waals surface area contributed by atoms with Gasteiger partial charge in [0.1, 0.15) is 6.07 Å². The maximum absolute atomic E-state index is 9.57. The fourth-order valence-corrected chi connectivity index (χ4v) is 4.02. The lowest BCUT2D eigenvalue weighted by Gasteiger charge is -2.25. The van der Waals surface area contributed by atoms with Crippen molar-refractivity contribution in [2.45, 2.75) is 6.42 Å². The predicted molar refractivity (Wildman–Crippen MR) is 127 cm³/mol. The number of ether oxygens (including phenoxy) is 1. The Balaban J connectivity index is 1.54. The molecule has 3 aromatic rings. The fraction of sp³-hybridized carbons (Fsp3) is 0.250. The molecule has 0 radical (unpaired) electrons. The van der Waals surface area contributed by atoms with Gasteiger partial charge < -0.3 is 10.1 Å². The summed E-state index contributed by atoms with van der Waals surface area (Å²) in [4.78, 5) is 6.90. The molecule has 1 aromatic heterocycles. The second kappa shape index (κ2) is 10.1. The largest absolute Gasteiger partial charge is 0.379 e. The summed E-state index contributed by atoms with van der Waals surface area (Å²) >= 11 is 12.3. The lowest BCUT2D eigenvalue weighted by Crippen LogP contribution is -2.36. The molecule has 1 fully saturated rings. The van der Waals surface area contributed by atoms with Crippen molar-refractivity contribution < 1.29 is 4.74 Å². The highest BCUT2D eigenvalue weighted by Gasteiger charge is 2.12. The van der Waals surface area contributed by atoms with Crippen LogP contribution >= 0.6 is 23.2 Å². The quantitative estimate of drug-likeness (QED) is 0.504.